The Balaban J connectivity index is 1.46. The molecule has 168 valence electrons. The molecular formula is C25H25N5O3. The number of hydrogen-bond donors (Lipinski definition) is 1. The van der Waals surface area contributed by atoms with Crippen LogP contribution in [0.15, 0.2) is 43.2 Å². The first kappa shape index (κ1) is 22.4. The van der Waals surface area contributed by atoms with Crippen LogP contribution >= 0.6 is 0 Å². The van der Waals surface area contributed by atoms with Crippen LogP contribution < -0.4 is 5.32 Å². The van der Waals surface area contributed by atoms with Crippen molar-refractivity contribution in [2.75, 3.05) is 0 Å². The van der Waals surface area contributed by atoms with E-state index >= 15 is 0 Å². The number of carbonyl (C=O) groups excluding carboxylic acids is 3. The second kappa shape index (κ2) is 9.36. The van der Waals surface area contributed by atoms with Crippen molar-refractivity contribution in [1.82, 2.24) is 25.3 Å². The Morgan fingerprint density at radius 1 is 0.970 bits per heavy atom. The quantitative estimate of drug-likeness (QED) is 0.583. The van der Waals surface area contributed by atoms with E-state index in [1.807, 2.05) is 32.9 Å². The number of amides is 1. The molecule has 8 heteroatoms. The van der Waals surface area contributed by atoms with Crippen molar-refractivity contribution in [2.45, 2.75) is 46.1 Å². The summed E-state index contributed by atoms with van der Waals surface area (Å²) in [6, 6.07) is 3.90. The Morgan fingerprint density at radius 3 is 2.30 bits per heavy atom. The molecule has 1 aliphatic carbocycles. The lowest BCUT2D eigenvalue weighted by Crippen LogP contribution is -2.27. The average molecular weight is 444 g/mol. The first-order valence-corrected chi connectivity index (χ1v) is 10.8. The van der Waals surface area contributed by atoms with Gasteiger partial charge < -0.3 is 5.32 Å². The maximum absolute atomic E-state index is 13.2. The Kier molecular flexibility index (Phi) is 6.35. The molecule has 33 heavy (non-hydrogen) atoms. The van der Waals surface area contributed by atoms with Gasteiger partial charge in [-0.2, -0.15) is 0 Å². The molecule has 1 amide bonds. The van der Waals surface area contributed by atoms with Crippen molar-refractivity contribution in [3.05, 3.63) is 71.3 Å². The molecule has 0 saturated heterocycles. The number of rotatable bonds is 6. The maximum Gasteiger partial charge on any atom is 0.221 e. The molecule has 4 rings (SSSR count). The van der Waals surface area contributed by atoms with Crippen LogP contribution in [0.4, 0.5) is 0 Å². The fraction of sp³-hybridized carbons (Fsp3) is 0.320. The van der Waals surface area contributed by atoms with Gasteiger partial charge in [0.1, 0.15) is 18.0 Å². The number of hydrogen-bond acceptors (Lipinski definition) is 7. The van der Waals surface area contributed by atoms with Crippen LogP contribution in [-0.2, 0) is 20.9 Å². The molecular weight excluding hydrogens is 418 g/mol. The van der Waals surface area contributed by atoms with Gasteiger partial charge in [0.15, 0.2) is 5.78 Å². The molecule has 1 aromatic carbocycles. The molecule has 0 bridgehead atoms. The number of Topliss-reactive ketones (excluding diaryl/α,β-unsaturated/α-hetero) is 2. The highest BCUT2D eigenvalue weighted by Gasteiger charge is 2.43. The Labute approximate surface area is 191 Å². The largest absolute Gasteiger partial charge is 0.350 e. The number of aromatic nitrogens is 4. The van der Waals surface area contributed by atoms with Gasteiger partial charge in [0.25, 0.3) is 0 Å². The summed E-state index contributed by atoms with van der Waals surface area (Å²) in [4.78, 5) is 54.9. The van der Waals surface area contributed by atoms with Gasteiger partial charge in [0.05, 0.1) is 24.1 Å². The zero-order chi connectivity index (χ0) is 23.5. The number of benzene rings is 1. The van der Waals surface area contributed by atoms with Crippen LogP contribution in [0.1, 0.15) is 46.8 Å². The Bertz CT molecular complexity index is 1190. The minimum Gasteiger partial charge on any atom is -0.350 e. The molecule has 2 atom stereocenters. The van der Waals surface area contributed by atoms with E-state index in [0.717, 1.165) is 33.5 Å². The molecule has 2 heterocycles. The molecule has 2 unspecified atom stereocenters. The fourth-order valence-corrected chi connectivity index (χ4v) is 4.37. The molecule has 3 aromatic rings. The summed E-state index contributed by atoms with van der Waals surface area (Å²) in [5.74, 6) is -2.05. The zero-order valence-corrected chi connectivity index (χ0v) is 18.8. The minimum atomic E-state index is -0.827. The summed E-state index contributed by atoms with van der Waals surface area (Å²) in [7, 11) is 0. The van der Waals surface area contributed by atoms with Gasteiger partial charge in [-0.3, -0.25) is 24.4 Å². The lowest BCUT2D eigenvalue weighted by atomic mass is 9.85. The maximum atomic E-state index is 13.2. The van der Waals surface area contributed by atoms with Crippen LogP contribution in [0.25, 0.3) is 11.1 Å². The van der Waals surface area contributed by atoms with Gasteiger partial charge in [-0.05, 0) is 43.0 Å². The molecule has 2 aromatic heterocycles. The molecule has 0 spiro atoms. The minimum absolute atomic E-state index is 0.0160. The average Bonchev–Trinajstić information content (AvgIpc) is 3.06. The third-order valence-electron chi connectivity index (χ3n) is 5.97. The van der Waals surface area contributed by atoms with Gasteiger partial charge in [-0.15, -0.1) is 0 Å². The number of aryl methyl sites for hydroxylation is 3. The molecule has 8 nitrogen and oxygen atoms in total. The van der Waals surface area contributed by atoms with E-state index in [9.17, 15) is 14.4 Å². The highest BCUT2D eigenvalue weighted by atomic mass is 16.2. The van der Waals surface area contributed by atoms with Crippen molar-refractivity contribution in [3.8, 4) is 11.1 Å². The molecule has 1 aliphatic rings. The third-order valence-corrected chi connectivity index (χ3v) is 5.97. The van der Waals surface area contributed by atoms with Gasteiger partial charge in [0.2, 0.25) is 5.91 Å². The molecule has 0 radical (unpaired) electrons. The van der Waals surface area contributed by atoms with E-state index in [1.165, 1.54) is 6.33 Å². The van der Waals surface area contributed by atoms with Crippen LogP contribution in [0.5, 0.6) is 0 Å². The summed E-state index contributed by atoms with van der Waals surface area (Å²) < 4.78 is 0. The van der Waals surface area contributed by atoms with E-state index in [-0.39, 0.29) is 36.9 Å². The summed E-state index contributed by atoms with van der Waals surface area (Å²) in [6.07, 6.45) is 8.22. The second-order valence-electron chi connectivity index (χ2n) is 8.48. The number of nitrogens with zero attached hydrogens (tertiary/aromatic N) is 4. The lowest BCUT2D eigenvalue weighted by molar-refractivity contribution is -0.128. The summed E-state index contributed by atoms with van der Waals surface area (Å²) in [5.41, 5.74) is 5.70. The standard InChI is InChI=1S/C25H25N5O3/c1-14-4-17(19-9-26-13-27-10-19)5-15(2)23(14)24-21(31)6-18(25(24)33)7-22(32)30-12-20-11-28-16(3)8-29-20/h4-5,8-11,13,18,24H,6-7,12H2,1-3H3,(H,30,32). The van der Waals surface area contributed by atoms with E-state index < -0.39 is 11.8 Å². The van der Waals surface area contributed by atoms with Crippen LogP contribution in [-0.4, -0.2) is 37.4 Å². The number of nitrogens with one attached hydrogen (secondary N) is 1. The highest BCUT2D eigenvalue weighted by molar-refractivity contribution is 6.15. The zero-order valence-electron chi connectivity index (χ0n) is 18.8. The monoisotopic (exact) mass is 443 g/mol. The van der Waals surface area contributed by atoms with Crippen molar-refractivity contribution >= 4 is 17.5 Å². The molecule has 1 N–H and O–H groups in total. The van der Waals surface area contributed by atoms with E-state index in [0.29, 0.717) is 5.69 Å². The highest BCUT2D eigenvalue weighted by Crippen LogP contribution is 2.38. The predicted molar refractivity (Wildman–Crippen MR) is 121 cm³/mol. The molecule has 0 aliphatic heterocycles. The SMILES string of the molecule is Cc1cnc(CNC(=O)CC2CC(=O)C(c3c(C)cc(-c4cncnc4)cc3C)C2=O)cn1. The van der Waals surface area contributed by atoms with E-state index in [1.54, 1.807) is 24.8 Å². The van der Waals surface area contributed by atoms with E-state index in [2.05, 4.69) is 25.3 Å². The van der Waals surface area contributed by atoms with Crippen LogP contribution in [0.2, 0.25) is 0 Å². The third kappa shape index (κ3) is 4.84. The number of ketones is 2. The van der Waals surface area contributed by atoms with Crippen molar-refractivity contribution in [2.24, 2.45) is 5.92 Å². The number of carbonyl (C=O) groups is 3. The fourth-order valence-electron chi connectivity index (χ4n) is 4.37. The summed E-state index contributed by atoms with van der Waals surface area (Å²) >= 11 is 0. The topological polar surface area (TPSA) is 115 Å². The molecule has 1 fully saturated rings. The summed E-state index contributed by atoms with van der Waals surface area (Å²) in [5, 5.41) is 2.77. The van der Waals surface area contributed by atoms with Gasteiger partial charge in [0, 0.05) is 42.9 Å². The van der Waals surface area contributed by atoms with Gasteiger partial charge >= 0.3 is 0 Å². The van der Waals surface area contributed by atoms with E-state index in [4.69, 9.17) is 0 Å². The Morgan fingerprint density at radius 2 is 1.67 bits per heavy atom. The first-order chi connectivity index (χ1) is 15.8. The van der Waals surface area contributed by atoms with Gasteiger partial charge in [-0.25, -0.2) is 9.97 Å². The van der Waals surface area contributed by atoms with Crippen molar-refractivity contribution in [1.29, 1.82) is 0 Å². The predicted octanol–water partition coefficient (Wildman–Crippen LogP) is 2.81. The second-order valence-corrected chi connectivity index (χ2v) is 8.48. The normalized spacial score (nSPS) is 17.9. The lowest BCUT2D eigenvalue weighted by Gasteiger charge is -2.17. The van der Waals surface area contributed by atoms with Crippen molar-refractivity contribution < 1.29 is 14.4 Å². The summed E-state index contributed by atoms with van der Waals surface area (Å²) in [6.45, 7) is 5.87. The Hall–Kier alpha value is -3.81. The van der Waals surface area contributed by atoms with Crippen molar-refractivity contribution in [3.63, 3.8) is 0 Å². The van der Waals surface area contributed by atoms with Crippen LogP contribution in [0, 0.1) is 26.7 Å². The smallest absolute Gasteiger partial charge is 0.221 e. The first-order valence-electron chi connectivity index (χ1n) is 10.8. The van der Waals surface area contributed by atoms with Crippen LogP contribution in [0.3, 0.4) is 0 Å². The molecule has 1 saturated carbocycles. The van der Waals surface area contributed by atoms with Gasteiger partial charge in [-0.1, -0.05) is 12.1 Å².